The molecule has 0 spiro atoms. The van der Waals surface area contributed by atoms with Gasteiger partial charge >= 0.3 is 0 Å². The molecule has 1 saturated carbocycles. The molecule has 1 aromatic heterocycles. The normalized spacial score (nSPS) is 24.3. The third kappa shape index (κ3) is 3.80. The number of carbonyl (C=O) groups is 1. The average Bonchev–Trinajstić information content (AvgIpc) is 2.37. The van der Waals surface area contributed by atoms with E-state index in [4.69, 9.17) is 0 Å². The lowest BCUT2D eigenvalue weighted by Gasteiger charge is -2.25. The fraction of sp³-hybridized carbons (Fsp3) is 0.538. The van der Waals surface area contributed by atoms with E-state index in [1.165, 1.54) is 19.3 Å². The summed E-state index contributed by atoms with van der Waals surface area (Å²) >= 11 is 3.66. The van der Waals surface area contributed by atoms with Crippen molar-refractivity contribution in [3.63, 3.8) is 0 Å². The van der Waals surface area contributed by atoms with Crippen molar-refractivity contribution in [1.82, 2.24) is 10.3 Å². The van der Waals surface area contributed by atoms with Gasteiger partial charge in [0.1, 0.15) is 0 Å². The molecule has 1 heterocycles. The van der Waals surface area contributed by atoms with Gasteiger partial charge in [-0.1, -0.05) is 22.4 Å². The number of nitrogens with zero attached hydrogens (tertiary/aromatic N) is 1. The van der Waals surface area contributed by atoms with Gasteiger partial charge in [-0.15, -0.1) is 0 Å². The maximum absolute atomic E-state index is 11.8. The van der Waals surface area contributed by atoms with E-state index in [1.807, 2.05) is 0 Å². The topological polar surface area (TPSA) is 42.0 Å². The van der Waals surface area contributed by atoms with Crippen molar-refractivity contribution in [3.05, 3.63) is 30.1 Å². The summed E-state index contributed by atoms with van der Waals surface area (Å²) in [6.07, 6.45) is 8.18. The molecule has 1 aromatic rings. The Hall–Kier alpha value is -0.900. The number of hydrogen-bond acceptors (Lipinski definition) is 2. The zero-order valence-electron chi connectivity index (χ0n) is 9.73. The first-order valence-electron chi connectivity index (χ1n) is 6.08. The van der Waals surface area contributed by atoms with E-state index in [1.54, 1.807) is 24.5 Å². The van der Waals surface area contributed by atoms with Gasteiger partial charge < -0.3 is 5.32 Å². The predicted octanol–water partition coefficient (Wildman–Crippen LogP) is 2.77. The molecule has 4 heteroatoms. The Bertz CT molecular complexity index is 369. The number of nitrogens with one attached hydrogen (secondary N) is 1. The highest BCUT2D eigenvalue weighted by atomic mass is 79.9. The Kier molecular flexibility index (Phi) is 4.54. The summed E-state index contributed by atoms with van der Waals surface area (Å²) in [6, 6.07) is 3.48. The molecule has 1 aliphatic carbocycles. The Balaban J connectivity index is 1.80. The van der Waals surface area contributed by atoms with E-state index in [0.717, 1.165) is 13.0 Å². The Morgan fingerprint density at radius 3 is 2.88 bits per heavy atom. The number of halogens is 1. The van der Waals surface area contributed by atoms with Gasteiger partial charge in [-0.05, 0) is 37.3 Å². The zero-order chi connectivity index (χ0) is 12.1. The summed E-state index contributed by atoms with van der Waals surface area (Å²) < 4.78 is 0. The molecule has 92 valence electrons. The van der Waals surface area contributed by atoms with Crippen LogP contribution in [0.3, 0.4) is 0 Å². The summed E-state index contributed by atoms with van der Waals surface area (Å²) in [5, 5.41) is 3.00. The van der Waals surface area contributed by atoms with Crippen LogP contribution in [-0.4, -0.2) is 22.3 Å². The van der Waals surface area contributed by atoms with Crippen molar-refractivity contribution in [2.45, 2.75) is 30.5 Å². The van der Waals surface area contributed by atoms with E-state index >= 15 is 0 Å². The lowest BCUT2D eigenvalue weighted by Crippen LogP contribution is -2.31. The SMILES string of the molecule is O=C(NCC1CCCC(Br)C1)c1ccncc1. The predicted molar refractivity (Wildman–Crippen MR) is 71.2 cm³/mol. The van der Waals surface area contributed by atoms with Gasteiger partial charge in [-0.3, -0.25) is 9.78 Å². The maximum atomic E-state index is 11.8. The number of rotatable bonds is 3. The molecule has 0 bridgehead atoms. The summed E-state index contributed by atoms with van der Waals surface area (Å²) in [6.45, 7) is 0.781. The third-order valence-corrected chi connectivity index (χ3v) is 4.04. The Morgan fingerprint density at radius 1 is 1.41 bits per heavy atom. The fourth-order valence-electron chi connectivity index (χ4n) is 2.25. The van der Waals surface area contributed by atoms with Crippen LogP contribution in [-0.2, 0) is 0 Å². The van der Waals surface area contributed by atoms with Crippen molar-refractivity contribution in [1.29, 1.82) is 0 Å². The van der Waals surface area contributed by atoms with Gasteiger partial charge in [0.05, 0.1) is 0 Å². The largest absolute Gasteiger partial charge is 0.352 e. The van der Waals surface area contributed by atoms with E-state index in [0.29, 0.717) is 16.3 Å². The molecule has 1 aliphatic rings. The van der Waals surface area contributed by atoms with Crippen molar-refractivity contribution in [3.8, 4) is 0 Å². The minimum absolute atomic E-state index is 0.00379. The van der Waals surface area contributed by atoms with Crippen LogP contribution in [0.5, 0.6) is 0 Å². The van der Waals surface area contributed by atoms with Crippen molar-refractivity contribution < 1.29 is 4.79 Å². The molecule has 3 nitrogen and oxygen atoms in total. The van der Waals surface area contributed by atoms with Crippen molar-refractivity contribution >= 4 is 21.8 Å². The second kappa shape index (κ2) is 6.15. The number of hydrogen-bond donors (Lipinski definition) is 1. The Labute approximate surface area is 110 Å². The second-order valence-corrected chi connectivity index (χ2v) is 5.87. The summed E-state index contributed by atoms with van der Waals surface area (Å²) in [7, 11) is 0. The quantitative estimate of drug-likeness (QED) is 0.872. The first-order chi connectivity index (χ1) is 8.25. The molecule has 0 aromatic carbocycles. The molecule has 1 N–H and O–H groups in total. The van der Waals surface area contributed by atoms with Crippen molar-refractivity contribution in [2.24, 2.45) is 5.92 Å². The molecule has 2 unspecified atom stereocenters. The molecule has 17 heavy (non-hydrogen) atoms. The first-order valence-corrected chi connectivity index (χ1v) is 6.99. The van der Waals surface area contributed by atoms with E-state index in [2.05, 4.69) is 26.2 Å². The van der Waals surface area contributed by atoms with E-state index < -0.39 is 0 Å². The third-order valence-electron chi connectivity index (χ3n) is 3.21. The summed E-state index contributed by atoms with van der Waals surface area (Å²) in [5.41, 5.74) is 0.686. The molecule has 2 atom stereocenters. The van der Waals surface area contributed by atoms with Crippen LogP contribution in [0.25, 0.3) is 0 Å². The Morgan fingerprint density at radius 2 is 2.18 bits per heavy atom. The monoisotopic (exact) mass is 296 g/mol. The second-order valence-electron chi connectivity index (χ2n) is 4.58. The van der Waals surface area contributed by atoms with Crippen LogP contribution in [0.15, 0.2) is 24.5 Å². The number of pyridine rings is 1. The molecular formula is C13H17BrN2O. The van der Waals surface area contributed by atoms with Crippen LogP contribution in [0.2, 0.25) is 0 Å². The van der Waals surface area contributed by atoms with Gasteiger partial charge in [0, 0.05) is 29.3 Å². The van der Waals surface area contributed by atoms with Gasteiger partial charge in [-0.2, -0.15) is 0 Å². The maximum Gasteiger partial charge on any atom is 0.251 e. The number of amides is 1. The minimum Gasteiger partial charge on any atom is -0.352 e. The van der Waals surface area contributed by atoms with E-state index in [-0.39, 0.29) is 5.91 Å². The lowest BCUT2D eigenvalue weighted by atomic mass is 9.89. The molecule has 2 rings (SSSR count). The number of carbonyl (C=O) groups excluding carboxylic acids is 1. The van der Waals surface area contributed by atoms with Crippen LogP contribution < -0.4 is 5.32 Å². The summed E-state index contributed by atoms with van der Waals surface area (Å²) in [5.74, 6) is 0.614. The van der Waals surface area contributed by atoms with Gasteiger partial charge in [-0.25, -0.2) is 0 Å². The van der Waals surface area contributed by atoms with Gasteiger partial charge in [0.25, 0.3) is 5.91 Å². The molecule has 0 radical (unpaired) electrons. The highest BCUT2D eigenvalue weighted by Crippen LogP contribution is 2.28. The zero-order valence-corrected chi connectivity index (χ0v) is 11.3. The molecule has 0 aliphatic heterocycles. The van der Waals surface area contributed by atoms with Gasteiger partial charge in [0.2, 0.25) is 0 Å². The minimum atomic E-state index is 0.00379. The molecule has 0 saturated heterocycles. The average molecular weight is 297 g/mol. The smallest absolute Gasteiger partial charge is 0.251 e. The lowest BCUT2D eigenvalue weighted by molar-refractivity contribution is 0.0944. The van der Waals surface area contributed by atoms with Crippen LogP contribution in [0.4, 0.5) is 0 Å². The molecule has 1 fully saturated rings. The number of alkyl halides is 1. The fourth-order valence-corrected chi connectivity index (χ4v) is 3.11. The van der Waals surface area contributed by atoms with E-state index in [9.17, 15) is 4.79 Å². The van der Waals surface area contributed by atoms with Crippen LogP contribution in [0, 0.1) is 5.92 Å². The molecular weight excluding hydrogens is 280 g/mol. The highest BCUT2D eigenvalue weighted by Gasteiger charge is 2.20. The van der Waals surface area contributed by atoms with Crippen molar-refractivity contribution in [2.75, 3.05) is 6.54 Å². The highest BCUT2D eigenvalue weighted by molar-refractivity contribution is 9.09. The number of aromatic nitrogens is 1. The summed E-state index contributed by atoms with van der Waals surface area (Å²) in [4.78, 5) is 16.3. The first kappa shape index (κ1) is 12.6. The molecule has 1 amide bonds. The van der Waals surface area contributed by atoms with Crippen LogP contribution in [0.1, 0.15) is 36.0 Å². The standard InChI is InChI=1S/C13H17BrN2O/c14-12-3-1-2-10(8-12)9-16-13(17)11-4-6-15-7-5-11/h4-7,10,12H,1-3,8-9H2,(H,16,17). The van der Waals surface area contributed by atoms with Gasteiger partial charge in [0.15, 0.2) is 0 Å². The van der Waals surface area contributed by atoms with Crippen LogP contribution >= 0.6 is 15.9 Å².